The Labute approximate surface area is 265 Å². The van der Waals surface area contributed by atoms with Crippen LogP contribution in [-0.4, -0.2) is 99.2 Å². The number of nitrogens with zero attached hydrogens (tertiary/aromatic N) is 5. The van der Waals surface area contributed by atoms with Gasteiger partial charge in [-0.05, 0) is 34.9 Å². The minimum atomic E-state index is -2.91. The van der Waals surface area contributed by atoms with Crippen LogP contribution in [0.4, 0.5) is 5.82 Å². The molecule has 3 aromatic heterocycles. The van der Waals surface area contributed by atoms with E-state index in [-0.39, 0.29) is 46.5 Å². The SMILES string of the molecule is C#C[C@@](O)([C@@H](COC(Cc1ccc(-c2cccn(CCO)c2=O)cc1)(C(=O)O)C(=O)O)OC)[C@@H](O)n1cnc2c(N)nc(Cl)nc21. The Morgan fingerprint density at radius 2 is 1.85 bits per heavy atom. The fourth-order valence-corrected chi connectivity index (χ4v) is 4.95. The molecule has 17 heteroatoms. The van der Waals surface area contributed by atoms with Gasteiger partial charge < -0.3 is 45.3 Å². The molecule has 3 atom stereocenters. The number of pyridine rings is 1. The van der Waals surface area contributed by atoms with Gasteiger partial charge in [0, 0.05) is 31.8 Å². The van der Waals surface area contributed by atoms with Crippen molar-refractivity contribution in [3.63, 3.8) is 0 Å². The number of carbonyl (C=O) groups is 2. The highest BCUT2D eigenvalue weighted by Gasteiger charge is 2.51. The molecule has 4 rings (SSSR count). The molecule has 46 heavy (non-hydrogen) atoms. The van der Waals surface area contributed by atoms with Crippen LogP contribution in [0.2, 0.25) is 5.28 Å². The predicted molar refractivity (Wildman–Crippen MR) is 161 cm³/mol. The number of fused-ring (bicyclic) bond motifs is 1. The van der Waals surface area contributed by atoms with Crippen molar-refractivity contribution in [2.75, 3.05) is 26.1 Å². The molecule has 0 bridgehead atoms. The van der Waals surface area contributed by atoms with Crippen LogP contribution in [0, 0.1) is 12.3 Å². The highest BCUT2D eigenvalue weighted by Crippen LogP contribution is 2.31. The summed E-state index contributed by atoms with van der Waals surface area (Å²) in [4.78, 5) is 49.3. The number of rotatable bonds is 14. The van der Waals surface area contributed by atoms with Crippen LogP contribution >= 0.6 is 11.6 Å². The number of terminal acetylenes is 1. The third kappa shape index (κ3) is 6.28. The number of carboxylic acids is 2. The lowest BCUT2D eigenvalue weighted by Crippen LogP contribution is -2.56. The smallest absolute Gasteiger partial charge is 0.348 e. The lowest BCUT2D eigenvalue weighted by Gasteiger charge is -2.36. The molecule has 0 spiro atoms. The first-order valence-electron chi connectivity index (χ1n) is 13.4. The number of aliphatic carboxylic acids is 2. The number of aromatic nitrogens is 5. The summed E-state index contributed by atoms with van der Waals surface area (Å²) in [5.74, 6) is -1.87. The number of nitrogens with two attached hydrogens (primary N) is 1. The van der Waals surface area contributed by atoms with Crippen LogP contribution in [0.25, 0.3) is 22.3 Å². The molecule has 4 aromatic rings. The first-order valence-corrected chi connectivity index (χ1v) is 13.8. The molecule has 16 nitrogen and oxygen atoms in total. The summed E-state index contributed by atoms with van der Waals surface area (Å²) in [5, 5.41) is 51.6. The van der Waals surface area contributed by atoms with Gasteiger partial charge in [-0.15, -0.1) is 6.42 Å². The van der Waals surface area contributed by atoms with Crippen LogP contribution in [0.15, 0.2) is 53.7 Å². The molecule has 0 aliphatic heterocycles. The van der Waals surface area contributed by atoms with Crippen molar-refractivity contribution in [2.24, 2.45) is 0 Å². The Kier molecular flexibility index (Phi) is 10.1. The van der Waals surface area contributed by atoms with E-state index in [0.717, 1.165) is 18.0 Å². The maximum absolute atomic E-state index is 12.7. The van der Waals surface area contributed by atoms with Crippen LogP contribution in [0.1, 0.15) is 11.8 Å². The van der Waals surface area contributed by atoms with Crippen molar-refractivity contribution in [1.82, 2.24) is 24.1 Å². The number of anilines is 1. The fraction of sp³-hybridized carbons (Fsp3) is 0.310. The zero-order chi connectivity index (χ0) is 33.8. The van der Waals surface area contributed by atoms with Gasteiger partial charge >= 0.3 is 11.9 Å². The average molecular weight is 657 g/mol. The van der Waals surface area contributed by atoms with Crippen LogP contribution < -0.4 is 11.3 Å². The van der Waals surface area contributed by atoms with Gasteiger partial charge in [0.25, 0.3) is 11.2 Å². The Morgan fingerprint density at radius 3 is 2.43 bits per heavy atom. The number of hydrogen-bond acceptors (Lipinski definition) is 12. The normalized spacial score (nSPS) is 14.3. The van der Waals surface area contributed by atoms with Crippen molar-refractivity contribution in [3.05, 3.63) is 70.1 Å². The van der Waals surface area contributed by atoms with Gasteiger partial charge in [-0.1, -0.05) is 30.2 Å². The van der Waals surface area contributed by atoms with Crippen LogP contribution in [0.3, 0.4) is 0 Å². The number of nitrogen functional groups attached to an aromatic ring is 1. The largest absolute Gasteiger partial charge is 0.479 e. The number of ether oxygens (including phenoxy) is 2. The van der Waals surface area contributed by atoms with Gasteiger partial charge in [-0.25, -0.2) is 14.6 Å². The minimum Gasteiger partial charge on any atom is -0.479 e. The predicted octanol–water partition coefficient (Wildman–Crippen LogP) is -0.0796. The van der Waals surface area contributed by atoms with Crippen LogP contribution in [-0.2, 0) is 32.0 Å². The third-order valence-electron chi connectivity index (χ3n) is 7.34. The lowest BCUT2D eigenvalue weighted by molar-refractivity contribution is -0.202. The Bertz CT molecular complexity index is 1840. The van der Waals surface area contributed by atoms with Gasteiger partial charge in [0.05, 0.1) is 19.5 Å². The molecule has 242 valence electrons. The van der Waals surface area contributed by atoms with Gasteiger partial charge in [-0.3, -0.25) is 9.36 Å². The Morgan fingerprint density at radius 1 is 1.17 bits per heavy atom. The molecule has 7 N–H and O–H groups in total. The first kappa shape index (κ1) is 34.0. The summed E-state index contributed by atoms with van der Waals surface area (Å²) in [5.41, 5.74) is 0.756. The quantitative estimate of drug-likeness (QED) is 0.0591. The van der Waals surface area contributed by atoms with Crippen molar-refractivity contribution in [2.45, 2.75) is 36.5 Å². The number of aliphatic hydroxyl groups is 3. The van der Waals surface area contributed by atoms with E-state index in [2.05, 4.69) is 15.0 Å². The standard InChI is InChI=1S/C29H29ClN6O10/c1-3-28(44,24(39)36-15-32-20-21(31)33-27(30)34-22(20)36)19(45-2)14-46-29(25(40)41,26(42)43)13-16-6-8-17(9-7-16)18-5-4-10-35(11-12-37)23(18)38/h1,4-10,15,19,24,37,39,44H,11-14H2,2H3,(H,40,41)(H,42,43)(H2,31,33,34)/t19-,24-,28-/m1/s1. The second-order valence-corrected chi connectivity index (χ2v) is 10.4. The fourth-order valence-electron chi connectivity index (χ4n) is 4.78. The second-order valence-electron chi connectivity index (χ2n) is 10.0. The summed E-state index contributed by atoms with van der Waals surface area (Å²) in [6.45, 7) is -1.08. The zero-order valence-electron chi connectivity index (χ0n) is 24.1. The molecule has 1 aromatic carbocycles. The molecule has 0 aliphatic rings. The molecule has 0 fully saturated rings. The number of carboxylic acid groups (broad SMARTS) is 2. The number of benzene rings is 1. The lowest BCUT2D eigenvalue weighted by atomic mass is 9.92. The molecular formula is C29H29ClN6O10. The van der Waals surface area contributed by atoms with E-state index in [0.29, 0.717) is 11.1 Å². The maximum atomic E-state index is 12.7. The van der Waals surface area contributed by atoms with Crippen molar-refractivity contribution in [3.8, 4) is 23.5 Å². The minimum absolute atomic E-state index is 0.0259. The van der Waals surface area contributed by atoms with E-state index in [1.807, 2.05) is 5.92 Å². The van der Waals surface area contributed by atoms with Gasteiger partial charge in [0.2, 0.25) is 5.28 Å². The summed E-state index contributed by atoms with van der Waals surface area (Å²) < 4.78 is 13.0. The molecule has 0 unspecified atom stereocenters. The number of halogens is 1. The summed E-state index contributed by atoms with van der Waals surface area (Å²) in [6.07, 6.45) is 3.70. The van der Waals surface area contributed by atoms with Gasteiger partial charge in [0.15, 0.2) is 23.3 Å². The van der Waals surface area contributed by atoms with Crippen molar-refractivity contribution < 1.29 is 44.6 Å². The molecule has 0 saturated carbocycles. The van der Waals surface area contributed by atoms with Gasteiger partial charge in [-0.2, -0.15) is 9.97 Å². The Balaban J connectivity index is 1.62. The maximum Gasteiger partial charge on any atom is 0.348 e. The third-order valence-corrected chi connectivity index (χ3v) is 7.50. The second kappa shape index (κ2) is 13.6. The molecule has 0 amide bonds. The van der Waals surface area contributed by atoms with E-state index in [1.54, 1.807) is 12.1 Å². The Hall–Kier alpha value is -4.89. The molecular weight excluding hydrogens is 628 g/mol. The van der Waals surface area contributed by atoms with E-state index >= 15 is 0 Å². The summed E-state index contributed by atoms with van der Waals surface area (Å²) in [6, 6.07) is 9.07. The van der Waals surface area contributed by atoms with E-state index in [1.165, 1.54) is 35.0 Å². The summed E-state index contributed by atoms with van der Waals surface area (Å²) >= 11 is 5.88. The number of aliphatic hydroxyl groups excluding tert-OH is 2. The summed E-state index contributed by atoms with van der Waals surface area (Å²) in [7, 11) is 1.08. The van der Waals surface area contributed by atoms with Crippen LogP contribution in [0.5, 0.6) is 0 Å². The zero-order valence-corrected chi connectivity index (χ0v) is 24.9. The van der Waals surface area contributed by atoms with E-state index in [4.69, 9.17) is 33.2 Å². The number of methoxy groups -OCH3 is 1. The highest BCUT2D eigenvalue weighted by molar-refractivity contribution is 6.28. The highest BCUT2D eigenvalue weighted by atomic mass is 35.5. The molecule has 0 radical (unpaired) electrons. The van der Waals surface area contributed by atoms with Gasteiger partial charge in [0.1, 0.15) is 11.6 Å². The monoisotopic (exact) mass is 656 g/mol. The molecule has 0 aliphatic carbocycles. The number of imidazole rings is 1. The average Bonchev–Trinajstić information content (AvgIpc) is 3.45. The first-order chi connectivity index (χ1) is 21.8. The van der Waals surface area contributed by atoms with E-state index < -0.39 is 48.5 Å². The molecule has 3 heterocycles. The topological polar surface area (TPSA) is 245 Å². The van der Waals surface area contributed by atoms with E-state index in [9.17, 15) is 39.9 Å². The number of hydrogen-bond donors (Lipinski definition) is 6. The van der Waals surface area contributed by atoms with Crippen molar-refractivity contribution >= 4 is 40.5 Å². The van der Waals surface area contributed by atoms with Crippen molar-refractivity contribution in [1.29, 1.82) is 0 Å². The molecule has 0 saturated heterocycles.